The Bertz CT molecular complexity index is 1530. The number of hydrogen-bond donors (Lipinski definition) is 3. The Labute approximate surface area is 179 Å². The summed E-state index contributed by atoms with van der Waals surface area (Å²) in [6, 6.07) is 15.2. The third-order valence-corrected chi connectivity index (χ3v) is 5.04. The lowest BCUT2D eigenvalue weighted by molar-refractivity contribution is -0.516. The number of fused-ring (bicyclic) bond motifs is 1. The van der Waals surface area contributed by atoms with Gasteiger partial charge in [0, 0.05) is 23.4 Å². The number of nitrogen functional groups attached to an aromatic ring is 1. The highest BCUT2D eigenvalue weighted by molar-refractivity contribution is 5.88. The van der Waals surface area contributed by atoms with Crippen LogP contribution in [0.25, 0.3) is 28.0 Å². The second-order valence-electron chi connectivity index (χ2n) is 7.13. The molecule has 5 aromatic rings. The van der Waals surface area contributed by atoms with Gasteiger partial charge in [0.2, 0.25) is 11.2 Å². The smallest absolute Gasteiger partial charge is 0.328 e. The molecule has 9 nitrogen and oxygen atoms in total. The molecule has 158 valence electrons. The molecule has 4 heterocycles. The van der Waals surface area contributed by atoms with Crippen LogP contribution in [-0.4, -0.2) is 24.7 Å². The first-order chi connectivity index (χ1) is 15.5. The summed E-state index contributed by atoms with van der Waals surface area (Å²) in [5, 5.41) is 3.08. The van der Waals surface area contributed by atoms with Gasteiger partial charge < -0.3 is 10.7 Å². The van der Waals surface area contributed by atoms with Gasteiger partial charge >= 0.3 is 11.6 Å². The summed E-state index contributed by atoms with van der Waals surface area (Å²) in [7, 11) is 0. The maximum atomic E-state index is 13.2. The van der Waals surface area contributed by atoms with Crippen molar-refractivity contribution in [1.29, 1.82) is 0 Å². The van der Waals surface area contributed by atoms with E-state index in [-0.39, 0.29) is 18.1 Å². The minimum atomic E-state index is -0.464. The van der Waals surface area contributed by atoms with E-state index >= 15 is 0 Å². The fourth-order valence-corrected chi connectivity index (χ4v) is 3.57. The first-order valence-corrected chi connectivity index (χ1v) is 9.70. The van der Waals surface area contributed by atoms with Crippen LogP contribution in [0.2, 0.25) is 0 Å². The standard InChI is InChI=1S/C22H16FN7O2/c23-15-7-8-16(25-11-15)12-29-22(32)30-20(28-29)18(14-6-9-17(31)26-10-14)19(27-21(30)24)13-4-2-1-3-5-13/h1-11H,12H2,(H3,24,26,27,28,31)/p+1. The van der Waals surface area contributed by atoms with Crippen molar-refractivity contribution in [3.63, 3.8) is 0 Å². The molecule has 10 heteroatoms. The first kappa shape index (κ1) is 19.4. The molecule has 0 unspecified atom stereocenters. The Morgan fingerprint density at radius 1 is 1.03 bits per heavy atom. The molecular formula is C22H17FN7O2+. The van der Waals surface area contributed by atoms with E-state index in [0.29, 0.717) is 28.2 Å². The van der Waals surface area contributed by atoms with Crippen molar-refractivity contribution in [3.05, 3.63) is 99.3 Å². The van der Waals surface area contributed by atoms with E-state index in [1.54, 1.807) is 12.3 Å². The van der Waals surface area contributed by atoms with Crippen molar-refractivity contribution < 1.29 is 8.79 Å². The van der Waals surface area contributed by atoms with E-state index in [9.17, 15) is 14.0 Å². The number of hydrogen-bond acceptors (Lipinski definition) is 5. The van der Waals surface area contributed by atoms with Gasteiger partial charge in [-0.25, -0.2) is 14.3 Å². The molecule has 0 radical (unpaired) electrons. The summed E-state index contributed by atoms with van der Waals surface area (Å²) in [5.74, 6) is -0.465. The number of pyridine rings is 2. The van der Waals surface area contributed by atoms with Gasteiger partial charge in [0.25, 0.3) is 0 Å². The molecule has 0 amide bonds. The number of aromatic nitrogens is 6. The number of rotatable bonds is 4. The molecule has 5 rings (SSSR count). The maximum absolute atomic E-state index is 13.2. The molecular weight excluding hydrogens is 413 g/mol. The number of aromatic amines is 2. The Morgan fingerprint density at radius 2 is 1.84 bits per heavy atom. The van der Waals surface area contributed by atoms with Crippen LogP contribution < -0.4 is 21.4 Å². The van der Waals surface area contributed by atoms with Crippen molar-refractivity contribution >= 4 is 11.6 Å². The summed E-state index contributed by atoms with van der Waals surface area (Å²) in [6.45, 7) is 0.0754. The summed E-state index contributed by atoms with van der Waals surface area (Å²) < 4.78 is 15.8. The monoisotopic (exact) mass is 430 g/mol. The van der Waals surface area contributed by atoms with Crippen LogP contribution in [0.3, 0.4) is 0 Å². The predicted octanol–water partition coefficient (Wildman–Crippen LogP) is 1.50. The fraction of sp³-hybridized carbons (Fsp3) is 0.0455. The highest BCUT2D eigenvalue weighted by Gasteiger charge is 2.26. The number of benzene rings is 1. The highest BCUT2D eigenvalue weighted by atomic mass is 19.1. The van der Waals surface area contributed by atoms with Crippen LogP contribution in [0.1, 0.15) is 5.69 Å². The third-order valence-electron chi connectivity index (χ3n) is 5.04. The molecule has 0 bridgehead atoms. The van der Waals surface area contributed by atoms with Crippen LogP contribution >= 0.6 is 0 Å². The zero-order valence-corrected chi connectivity index (χ0v) is 16.6. The normalized spacial score (nSPS) is 11.2. The molecule has 0 aliphatic carbocycles. The minimum Gasteiger partial charge on any atom is -0.328 e. The number of H-pyrrole nitrogens is 2. The van der Waals surface area contributed by atoms with Gasteiger partial charge in [-0.1, -0.05) is 30.3 Å². The molecule has 0 aliphatic rings. The molecule has 0 saturated carbocycles. The lowest BCUT2D eigenvalue weighted by Crippen LogP contribution is -2.44. The van der Waals surface area contributed by atoms with E-state index in [1.165, 1.54) is 27.3 Å². The van der Waals surface area contributed by atoms with Gasteiger partial charge in [0.1, 0.15) is 18.1 Å². The molecule has 4 N–H and O–H groups in total. The Balaban J connectivity index is 1.79. The van der Waals surface area contributed by atoms with Crippen LogP contribution in [0.15, 0.2) is 76.6 Å². The van der Waals surface area contributed by atoms with Crippen molar-refractivity contribution in [2.24, 2.45) is 0 Å². The van der Waals surface area contributed by atoms with E-state index in [0.717, 1.165) is 11.8 Å². The zero-order valence-electron chi connectivity index (χ0n) is 16.6. The zero-order chi connectivity index (χ0) is 22.2. The lowest BCUT2D eigenvalue weighted by atomic mass is 10.0. The summed E-state index contributed by atoms with van der Waals surface area (Å²) in [5.41, 5.74) is 8.92. The molecule has 32 heavy (non-hydrogen) atoms. The number of anilines is 1. The Morgan fingerprint density at radius 3 is 2.53 bits per heavy atom. The average Bonchev–Trinajstić information content (AvgIpc) is 3.13. The fourth-order valence-electron chi connectivity index (χ4n) is 3.57. The maximum Gasteiger partial charge on any atom is 0.428 e. The van der Waals surface area contributed by atoms with E-state index in [2.05, 4.69) is 20.1 Å². The number of halogens is 1. The number of nitrogens with two attached hydrogens (primary N) is 1. The van der Waals surface area contributed by atoms with Crippen molar-refractivity contribution in [2.75, 3.05) is 5.73 Å². The van der Waals surface area contributed by atoms with Gasteiger partial charge in [-0.2, -0.15) is 4.68 Å². The molecule has 0 saturated heterocycles. The molecule has 4 aromatic heterocycles. The number of nitrogens with zero attached hydrogens (tertiary/aromatic N) is 4. The lowest BCUT2D eigenvalue weighted by Gasteiger charge is -2.08. The van der Waals surface area contributed by atoms with Gasteiger partial charge in [-0.05, 0) is 18.2 Å². The van der Waals surface area contributed by atoms with Gasteiger partial charge in [0.15, 0.2) is 0 Å². The second kappa shape index (κ2) is 7.58. The van der Waals surface area contributed by atoms with Gasteiger partial charge in [-0.3, -0.25) is 9.78 Å². The summed E-state index contributed by atoms with van der Waals surface area (Å²) in [6.07, 6.45) is 2.64. The van der Waals surface area contributed by atoms with E-state index in [1.807, 2.05) is 30.3 Å². The van der Waals surface area contributed by atoms with Crippen LogP contribution in [0.4, 0.5) is 10.3 Å². The largest absolute Gasteiger partial charge is 0.428 e. The quantitative estimate of drug-likeness (QED) is 0.373. The molecule has 0 aliphatic heterocycles. The summed E-state index contributed by atoms with van der Waals surface area (Å²) >= 11 is 0. The molecule has 0 fully saturated rings. The molecule has 1 aromatic carbocycles. The second-order valence-corrected chi connectivity index (χ2v) is 7.13. The van der Waals surface area contributed by atoms with Crippen molar-refractivity contribution in [1.82, 2.24) is 24.7 Å². The van der Waals surface area contributed by atoms with Crippen LogP contribution in [0.5, 0.6) is 0 Å². The third kappa shape index (κ3) is 3.33. The Hall–Kier alpha value is -4.60. The van der Waals surface area contributed by atoms with Crippen LogP contribution in [-0.2, 0) is 6.54 Å². The predicted molar refractivity (Wildman–Crippen MR) is 115 cm³/mol. The Kier molecular flexibility index (Phi) is 4.59. The van der Waals surface area contributed by atoms with E-state index in [4.69, 9.17) is 5.73 Å². The average molecular weight is 430 g/mol. The van der Waals surface area contributed by atoms with Gasteiger partial charge in [-0.15, -0.1) is 9.38 Å². The van der Waals surface area contributed by atoms with Gasteiger partial charge in [0.05, 0.1) is 17.5 Å². The van der Waals surface area contributed by atoms with Crippen molar-refractivity contribution in [3.8, 4) is 22.4 Å². The minimum absolute atomic E-state index is 0.000840. The summed E-state index contributed by atoms with van der Waals surface area (Å²) in [4.78, 5) is 35.9. The number of nitrogens with one attached hydrogen (secondary N) is 2. The van der Waals surface area contributed by atoms with Crippen molar-refractivity contribution in [2.45, 2.75) is 6.54 Å². The first-order valence-electron chi connectivity index (χ1n) is 9.70. The molecule has 0 spiro atoms. The SMILES string of the molecule is Nc1nc(-c2ccccc2)c(-c2ccc(=O)[nH]c2)c2[nH]n(Cc3ccc(F)cn3)c(=O)[n+]12. The topological polar surface area (TPSA) is 127 Å². The van der Waals surface area contributed by atoms with E-state index < -0.39 is 11.5 Å². The van der Waals surface area contributed by atoms with Crippen LogP contribution in [0, 0.1) is 5.82 Å². The molecule has 0 atom stereocenters. The highest BCUT2D eigenvalue weighted by Crippen LogP contribution is 2.31.